The highest BCUT2D eigenvalue weighted by molar-refractivity contribution is 6.34. The lowest BCUT2D eigenvalue weighted by Gasteiger charge is -2.09. The van der Waals surface area contributed by atoms with Crippen molar-refractivity contribution >= 4 is 23.2 Å². The third-order valence-corrected chi connectivity index (χ3v) is 2.99. The van der Waals surface area contributed by atoms with E-state index in [0.29, 0.717) is 27.9 Å². The quantitative estimate of drug-likeness (QED) is 0.886. The number of pyridine rings is 1. The van der Waals surface area contributed by atoms with E-state index in [-0.39, 0.29) is 5.88 Å². The molecular formula is C14H13Cl2FN2O. The Morgan fingerprint density at radius 3 is 2.60 bits per heavy atom. The Labute approximate surface area is 126 Å². The molecule has 106 valence electrons. The van der Waals surface area contributed by atoms with Crippen molar-refractivity contribution in [1.82, 2.24) is 10.3 Å². The molecule has 0 atom stereocenters. The zero-order valence-corrected chi connectivity index (χ0v) is 12.3. The van der Waals surface area contributed by atoms with Crippen LogP contribution in [0.25, 0.3) is 0 Å². The van der Waals surface area contributed by atoms with Gasteiger partial charge < -0.3 is 10.1 Å². The van der Waals surface area contributed by atoms with Crippen LogP contribution in [0.5, 0.6) is 11.6 Å². The zero-order chi connectivity index (χ0) is 14.5. The lowest BCUT2D eigenvalue weighted by Crippen LogP contribution is -2.13. The van der Waals surface area contributed by atoms with Crippen molar-refractivity contribution in [2.75, 3.05) is 6.54 Å². The van der Waals surface area contributed by atoms with Crippen LogP contribution in [-0.2, 0) is 6.54 Å². The number of benzene rings is 1. The van der Waals surface area contributed by atoms with Gasteiger partial charge in [0.1, 0.15) is 5.75 Å². The average Bonchev–Trinajstić information content (AvgIpc) is 2.38. The number of hydrogen-bond donors (Lipinski definition) is 1. The summed E-state index contributed by atoms with van der Waals surface area (Å²) in [7, 11) is 0. The van der Waals surface area contributed by atoms with Crippen molar-refractivity contribution in [3.8, 4) is 11.6 Å². The lowest BCUT2D eigenvalue weighted by atomic mass is 10.2. The van der Waals surface area contributed by atoms with Crippen molar-refractivity contribution in [1.29, 1.82) is 0 Å². The molecular weight excluding hydrogens is 302 g/mol. The van der Waals surface area contributed by atoms with Gasteiger partial charge in [0.25, 0.3) is 5.88 Å². The molecule has 6 heteroatoms. The van der Waals surface area contributed by atoms with Crippen LogP contribution in [0.4, 0.5) is 4.39 Å². The van der Waals surface area contributed by atoms with Gasteiger partial charge in [0.15, 0.2) is 5.82 Å². The summed E-state index contributed by atoms with van der Waals surface area (Å²) in [6.45, 7) is 3.11. The minimum absolute atomic E-state index is 0.0984. The molecule has 0 bridgehead atoms. The highest BCUT2D eigenvalue weighted by Crippen LogP contribution is 2.29. The molecule has 3 nitrogen and oxygen atoms in total. The Hall–Kier alpha value is -1.36. The van der Waals surface area contributed by atoms with Gasteiger partial charge in [-0.3, -0.25) is 0 Å². The molecule has 0 saturated carbocycles. The summed E-state index contributed by atoms with van der Waals surface area (Å²) < 4.78 is 19.6. The number of ether oxygens (including phenoxy) is 1. The normalized spacial score (nSPS) is 10.6. The number of halogens is 3. The first-order chi connectivity index (χ1) is 9.60. The van der Waals surface area contributed by atoms with Crippen LogP contribution in [0.15, 0.2) is 30.5 Å². The Morgan fingerprint density at radius 1 is 1.25 bits per heavy atom. The minimum atomic E-state index is -0.496. The van der Waals surface area contributed by atoms with Crippen molar-refractivity contribution in [2.45, 2.75) is 13.5 Å². The molecule has 0 aliphatic carbocycles. The van der Waals surface area contributed by atoms with E-state index in [1.165, 1.54) is 6.20 Å². The van der Waals surface area contributed by atoms with Crippen LogP contribution < -0.4 is 10.1 Å². The smallest absolute Gasteiger partial charge is 0.256 e. The fourth-order valence-corrected chi connectivity index (χ4v) is 2.13. The van der Waals surface area contributed by atoms with E-state index >= 15 is 0 Å². The second-order valence-electron chi connectivity index (χ2n) is 4.08. The maximum Gasteiger partial charge on any atom is 0.256 e. The number of rotatable bonds is 5. The highest BCUT2D eigenvalue weighted by Gasteiger charge is 2.12. The molecule has 0 spiro atoms. The van der Waals surface area contributed by atoms with E-state index in [0.717, 1.165) is 6.54 Å². The van der Waals surface area contributed by atoms with E-state index in [1.807, 2.05) is 6.92 Å². The Balaban J connectivity index is 2.24. The third kappa shape index (κ3) is 3.82. The molecule has 0 saturated heterocycles. The van der Waals surface area contributed by atoms with Gasteiger partial charge in [0.05, 0.1) is 0 Å². The van der Waals surface area contributed by atoms with E-state index in [9.17, 15) is 4.39 Å². The molecule has 0 amide bonds. The predicted molar refractivity (Wildman–Crippen MR) is 78.1 cm³/mol. The van der Waals surface area contributed by atoms with Crippen LogP contribution >= 0.6 is 23.2 Å². The van der Waals surface area contributed by atoms with Gasteiger partial charge in [-0.1, -0.05) is 30.1 Å². The predicted octanol–water partition coefficient (Wildman–Crippen LogP) is 4.43. The maximum absolute atomic E-state index is 14.2. The van der Waals surface area contributed by atoms with Crippen molar-refractivity contribution in [3.63, 3.8) is 0 Å². The fourth-order valence-electron chi connectivity index (χ4n) is 1.63. The molecule has 1 N–H and O–H groups in total. The molecule has 2 aromatic rings. The molecule has 0 unspecified atom stereocenters. The first-order valence-corrected chi connectivity index (χ1v) is 6.83. The summed E-state index contributed by atoms with van der Waals surface area (Å²) in [4.78, 5) is 3.89. The summed E-state index contributed by atoms with van der Waals surface area (Å²) >= 11 is 11.7. The molecule has 1 aromatic heterocycles. The molecule has 0 aliphatic heterocycles. The highest BCUT2D eigenvalue weighted by atomic mass is 35.5. The van der Waals surface area contributed by atoms with Crippen LogP contribution in [0.1, 0.15) is 12.5 Å². The Kier molecular flexibility index (Phi) is 5.17. The van der Waals surface area contributed by atoms with E-state index < -0.39 is 5.82 Å². The van der Waals surface area contributed by atoms with E-state index in [2.05, 4.69) is 10.3 Å². The van der Waals surface area contributed by atoms with Crippen LogP contribution in [-0.4, -0.2) is 11.5 Å². The second-order valence-corrected chi connectivity index (χ2v) is 4.95. The number of aromatic nitrogens is 1. The van der Waals surface area contributed by atoms with Gasteiger partial charge in [-0.15, -0.1) is 0 Å². The van der Waals surface area contributed by atoms with Gasteiger partial charge >= 0.3 is 0 Å². The third-order valence-electron chi connectivity index (χ3n) is 2.55. The number of nitrogens with one attached hydrogen (secondary N) is 1. The molecule has 1 aromatic carbocycles. The van der Waals surface area contributed by atoms with Gasteiger partial charge in [-0.05, 0) is 30.8 Å². The summed E-state index contributed by atoms with van der Waals surface area (Å²) in [5.74, 6) is -0.252. The summed E-state index contributed by atoms with van der Waals surface area (Å²) in [6.07, 6.45) is 1.50. The van der Waals surface area contributed by atoms with Crippen molar-refractivity contribution in [3.05, 3.63) is 51.9 Å². The van der Waals surface area contributed by atoms with Crippen molar-refractivity contribution < 1.29 is 9.13 Å². The molecule has 0 fully saturated rings. The Morgan fingerprint density at radius 2 is 1.95 bits per heavy atom. The SMILES string of the molecule is CCNCc1ccnc(Oc2cc(Cl)cc(Cl)c2)c1F. The topological polar surface area (TPSA) is 34.2 Å². The number of hydrogen-bond acceptors (Lipinski definition) is 3. The first-order valence-electron chi connectivity index (χ1n) is 6.08. The van der Waals surface area contributed by atoms with Crippen LogP contribution in [0, 0.1) is 5.82 Å². The van der Waals surface area contributed by atoms with Gasteiger partial charge in [-0.2, -0.15) is 0 Å². The summed E-state index contributed by atoms with van der Waals surface area (Å²) in [5.41, 5.74) is 0.491. The van der Waals surface area contributed by atoms with Crippen molar-refractivity contribution in [2.24, 2.45) is 0 Å². The molecule has 1 heterocycles. The minimum Gasteiger partial charge on any atom is -0.436 e. The Bertz CT molecular complexity index is 587. The zero-order valence-electron chi connectivity index (χ0n) is 10.8. The molecule has 2 rings (SSSR count). The summed E-state index contributed by atoms with van der Waals surface area (Å²) in [6, 6.07) is 6.27. The largest absolute Gasteiger partial charge is 0.436 e. The van der Waals surface area contributed by atoms with Crippen LogP contribution in [0.3, 0.4) is 0 Å². The van der Waals surface area contributed by atoms with Gasteiger partial charge in [-0.25, -0.2) is 9.37 Å². The monoisotopic (exact) mass is 314 g/mol. The van der Waals surface area contributed by atoms with Crippen LogP contribution in [0.2, 0.25) is 10.0 Å². The maximum atomic E-state index is 14.2. The van der Waals surface area contributed by atoms with Gasteiger partial charge in [0, 0.05) is 28.4 Å². The van der Waals surface area contributed by atoms with E-state index in [1.54, 1.807) is 24.3 Å². The molecule has 0 aliphatic rings. The molecule has 20 heavy (non-hydrogen) atoms. The number of nitrogens with zero attached hydrogens (tertiary/aromatic N) is 1. The fraction of sp³-hybridized carbons (Fsp3) is 0.214. The first kappa shape index (κ1) is 15.0. The summed E-state index contributed by atoms with van der Waals surface area (Å²) in [5, 5.41) is 3.88. The second kappa shape index (κ2) is 6.88. The lowest BCUT2D eigenvalue weighted by molar-refractivity contribution is 0.417. The van der Waals surface area contributed by atoms with Gasteiger partial charge in [0.2, 0.25) is 0 Å². The average molecular weight is 315 g/mol. The molecule has 0 radical (unpaired) electrons. The van der Waals surface area contributed by atoms with E-state index in [4.69, 9.17) is 27.9 Å². The standard InChI is InChI=1S/C14H13Cl2FN2O/c1-2-18-8-9-3-4-19-14(13(9)17)20-12-6-10(15)5-11(16)7-12/h3-7,18H,2,8H2,1H3.